The van der Waals surface area contributed by atoms with Crippen molar-refractivity contribution in [3.8, 4) is 23.0 Å². The Morgan fingerprint density at radius 3 is 2.05 bits per heavy atom. The fourth-order valence-corrected chi connectivity index (χ4v) is 3.12. The van der Waals surface area contributed by atoms with E-state index < -0.39 is 5.97 Å². The maximum atomic E-state index is 12.2. The normalized spacial score (nSPS) is 10.7. The largest absolute Gasteiger partial charge is 0.481 e. The van der Waals surface area contributed by atoms with Crippen molar-refractivity contribution < 1.29 is 29.0 Å². The number of aromatic nitrogens is 6. The number of amides is 2. The third-order valence-corrected chi connectivity index (χ3v) is 5.05. The molecule has 0 saturated heterocycles. The molecule has 0 unspecified atom stereocenters. The van der Waals surface area contributed by atoms with Crippen LogP contribution in [0.4, 0.5) is 5.69 Å². The smallest absolute Gasteiger partial charge is 0.303 e. The highest BCUT2D eigenvalue weighted by Gasteiger charge is 2.10. The predicted molar refractivity (Wildman–Crippen MR) is 138 cm³/mol. The Morgan fingerprint density at radius 1 is 0.744 bits per heavy atom. The van der Waals surface area contributed by atoms with Crippen molar-refractivity contribution in [2.75, 3.05) is 38.3 Å². The van der Waals surface area contributed by atoms with Crippen LogP contribution in [0.3, 0.4) is 0 Å². The number of hydrogen-bond acceptors (Lipinski definition) is 11. The first-order valence-electron chi connectivity index (χ1n) is 12.4. The van der Waals surface area contributed by atoms with E-state index in [1.54, 1.807) is 30.5 Å². The molecule has 39 heavy (non-hydrogen) atoms. The highest BCUT2D eigenvalue weighted by Crippen LogP contribution is 2.15. The van der Waals surface area contributed by atoms with Crippen molar-refractivity contribution in [2.45, 2.75) is 32.1 Å². The van der Waals surface area contributed by atoms with Crippen molar-refractivity contribution in [1.29, 1.82) is 0 Å². The van der Waals surface area contributed by atoms with Crippen LogP contribution in [0.2, 0.25) is 0 Å². The van der Waals surface area contributed by atoms with Crippen LogP contribution in [-0.2, 0) is 23.9 Å². The van der Waals surface area contributed by atoms with Gasteiger partial charge >= 0.3 is 5.97 Å². The molecule has 3 aromatic rings. The van der Waals surface area contributed by atoms with Gasteiger partial charge in [-0.15, -0.1) is 20.4 Å². The molecule has 14 nitrogen and oxygen atoms in total. The van der Waals surface area contributed by atoms with E-state index in [1.807, 2.05) is 6.07 Å². The quantitative estimate of drug-likeness (QED) is 0.210. The van der Waals surface area contributed by atoms with Crippen molar-refractivity contribution in [3.63, 3.8) is 0 Å². The molecule has 3 aromatic heterocycles. The van der Waals surface area contributed by atoms with Crippen molar-refractivity contribution in [2.24, 2.45) is 0 Å². The Morgan fingerprint density at radius 2 is 1.41 bits per heavy atom. The monoisotopic (exact) mass is 538 g/mol. The van der Waals surface area contributed by atoms with Gasteiger partial charge in [0.05, 0.1) is 18.5 Å². The molecule has 3 rings (SSSR count). The number of ether oxygens (including phenoxy) is 2. The lowest BCUT2D eigenvalue weighted by Gasteiger charge is -2.08. The summed E-state index contributed by atoms with van der Waals surface area (Å²) in [6.07, 6.45) is 4.39. The third kappa shape index (κ3) is 11.2. The first-order valence-corrected chi connectivity index (χ1v) is 12.4. The average Bonchev–Trinajstić information content (AvgIpc) is 2.95. The lowest BCUT2D eigenvalue weighted by Crippen LogP contribution is -2.28. The minimum Gasteiger partial charge on any atom is -0.481 e. The summed E-state index contributed by atoms with van der Waals surface area (Å²) in [5, 5.41) is 30.1. The molecule has 0 atom stereocenters. The molecule has 0 spiro atoms. The molecule has 0 bridgehead atoms. The number of carboxylic acids is 1. The SMILES string of the molecule is O=C(O)CCCOCCCOCCNC(=O)CCC(=O)Nc1ccc(-c2nnc(-c3ccccn3)nn2)nc1. The van der Waals surface area contributed by atoms with Crippen molar-refractivity contribution >= 4 is 23.5 Å². The topological polar surface area (TPSA) is 191 Å². The molecule has 2 amide bonds. The van der Waals surface area contributed by atoms with E-state index >= 15 is 0 Å². The van der Waals surface area contributed by atoms with Gasteiger partial charge in [-0.3, -0.25) is 24.4 Å². The summed E-state index contributed by atoms with van der Waals surface area (Å²) >= 11 is 0. The summed E-state index contributed by atoms with van der Waals surface area (Å²) in [7, 11) is 0. The van der Waals surface area contributed by atoms with Gasteiger partial charge in [0, 0.05) is 51.8 Å². The van der Waals surface area contributed by atoms with E-state index in [-0.39, 0.29) is 36.9 Å². The van der Waals surface area contributed by atoms with Gasteiger partial charge in [0.15, 0.2) is 0 Å². The van der Waals surface area contributed by atoms with E-state index in [0.717, 1.165) is 0 Å². The Balaban J connectivity index is 1.26. The number of aliphatic carboxylic acids is 1. The molecular formula is C25H30N8O6. The molecule has 0 aliphatic rings. The number of carboxylic acid groups (broad SMARTS) is 1. The number of pyridine rings is 2. The second-order valence-corrected chi connectivity index (χ2v) is 8.17. The second-order valence-electron chi connectivity index (χ2n) is 8.17. The molecule has 0 saturated carbocycles. The highest BCUT2D eigenvalue weighted by atomic mass is 16.5. The summed E-state index contributed by atoms with van der Waals surface area (Å²) in [5.41, 5.74) is 1.46. The first kappa shape index (κ1) is 29.1. The average molecular weight is 539 g/mol. The van der Waals surface area contributed by atoms with Gasteiger partial charge < -0.3 is 25.2 Å². The number of carbonyl (C=O) groups is 3. The van der Waals surface area contributed by atoms with Crippen LogP contribution in [-0.4, -0.2) is 86.2 Å². The Labute approximate surface area is 224 Å². The second kappa shape index (κ2) is 16.4. The van der Waals surface area contributed by atoms with Gasteiger partial charge in [0.1, 0.15) is 11.4 Å². The molecule has 206 valence electrons. The van der Waals surface area contributed by atoms with Crippen LogP contribution < -0.4 is 10.6 Å². The number of nitrogens with one attached hydrogen (secondary N) is 2. The van der Waals surface area contributed by atoms with Crippen LogP contribution in [0.25, 0.3) is 23.0 Å². The summed E-state index contributed by atoms with van der Waals surface area (Å²) < 4.78 is 10.7. The number of anilines is 1. The summed E-state index contributed by atoms with van der Waals surface area (Å²) in [6.45, 7) is 2.04. The van der Waals surface area contributed by atoms with Gasteiger partial charge in [-0.1, -0.05) is 6.07 Å². The molecule has 0 aliphatic carbocycles. The van der Waals surface area contributed by atoms with Crippen LogP contribution >= 0.6 is 0 Å². The van der Waals surface area contributed by atoms with Crippen LogP contribution in [0.5, 0.6) is 0 Å². The standard InChI is InChI=1S/C25H30N8O6/c34-21(27-12-16-39-15-4-14-38-13-3-6-23(36)37)9-10-22(35)29-18-7-8-20(28-17-18)25-32-30-24(31-33-25)19-5-1-2-11-26-19/h1-2,5,7-8,11,17H,3-4,6,9-10,12-16H2,(H,27,34)(H,29,35)(H,36,37). The molecule has 0 aromatic carbocycles. The summed E-state index contributed by atoms with van der Waals surface area (Å²) in [6, 6.07) is 8.63. The zero-order chi connectivity index (χ0) is 27.7. The minimum atomic E-state index is -0.834. The van der Waals surface area contributed by atoms with Gasteiger partial charge in [0.2, 0.25) is 23.5 Å². The minimum absolute atomic E-state index is 0.0135. The lowest BCUT2D eigenvalue weighted by atomic mass is 10.2. The van der Waals surface area contributed by atoms with E-state index in [4.69, 9.17) is 14.6 Å². The van der Waals surface area contributed by atoms with Gasteiger partial charge in [-0.05, 0) is 37.1 Å². The summed E-state index contributed by atoms with van der Waals surface area (Å²) in [4.78, 5) is 42.9. The Hall–Kier alpha value is -4.43. The molecule has 0 aliphatic heterocycles. The maximum Gasteiger partial charge on any atom is 0.303 e. The van der Waals surface area contributed by atoms with E-state index in [2.05, 4.69) is 41.0 Å². The number of nitrogens with zero attached hydrogens (tertiary/aromatic N) is 6. The van der Waals surface area contributed by atoms with E-state index in [1.165, 1.54) is 6.20 Å². The van der Waals surface area contributed by atoms with Gasteiger partial charge in [-0.25, -0.2) is 0 Å². The van der Waals surface area contributed by atoms with Gasteiger partial charge in [-0.2, -0.15) is 0 Å². The van der Waals surface area contributed by atoms with Crippen LogP contribution in [0.15, 0.2) is 42.7 Å². The molecular weight excluding hydrogens is 508 g/mol. The first-order chi connectivity index (χ1) is 19.0. The van der Waals surface area contributed by atoms with Crippen molar-refractivity contribution in [1.82, 2.24) is 35.7 Å². The van der Waals surface area contributed by atoms with Crippen LogP contribution in [0.1, 0.15) is 32.1 Å². The number of carbonyl (C=O) groups excluding carboxylic acids is 2. The molecule has 14 heteroatoms. The highest BCUT2D eigenvalue weighted by molar-refractivity contribution is 5.93. The number of hydrogen-bond donors (Lipinski definition) is 3. The fourth-order valence-electron chi connectivity index (χ4n) is 3.12. The third-order valence-electron chi connectivity index (χ3n) is 5.05. The summed E-state index contributed by atoms with van der Waals surface area (Å²) in [5.74, 6) is -0.878. The lowest BCUT2D eigenvalue weighted by molar-refractivity contribution is -0.137. The zero-order valence-electron chi connectivity index (χ0n) is 21.3. The van der Waals surface area contributed by atoms with Crippen molar-refractivity contribution in [3.05, 3.63) is 42.7 Å². The Bertz CT molecular complexity index is 1180. The van der Waals surface area contributed by atoms with E-state index in [0.29, 0.717) is 68.7 Å². The zero-order valence-corrected chi connectivity index (χ0v) is 21.3. The maximum absolute atomic E-state index is 12.2. The predicted octanol–water partition coefficient (Wildman–Crippen LogP) is 1.51. The van der Waals surface area contributed by atoms with E-state index in [9.17, 15) is 14.4 Å². The molecule has 0 radical (unpaired) electrons. The van der Waals surface area contributed by atoms with Gasteiger partial charge in [0.25, 0.3) is 0 Å². The fraction of sp³-hybridized carbons (Fsp3) is 0.400. The van der Waals surface area contributed by atoms with Crippen LogP contribution in [0, 0.1) is 0 Å². The molecule has 3 N–H and O–H groups in total. The number of rotatable bonds is 17. The molecule has 3 heterocycles. The Kier molecular flexibility index (Phi) is 12.3. The molecule has 0 fully saturated rings.